The van der Waals surface area contributed by atoms with Gasteiger partial charge in [0.25, 0.3) is 5.56 Å². The average molecular weight is 445 g/mol. The van der Waals surface area contributed by atoms with E-state index in [2.05, 4.69) is 10.4 Å². The van der Waals surface area contributed by atoms with Gasteiger partial charge in [-0.05, 0) is 42.5 Å². The molecule has 2 heterocycles. The third-order valence-electron chi connectivity index (χ3n) is 4.65. The molecule has 10 heteroatoms. The Kier molecular flexibility index (Phi) is 5.53. The van der Waals surface area contributed by atoms with Gasteiger partial charge in [-0.1, -0.05) is 11.6 Å². The summed E-state index contributed by atoms with van der Waals surface area (Å²) in [6.45, 7) is -0.856. The average Bonchev–Trinajstić information content (AvgIpc) is 3.12. The van der Waals surface area contributed by atoms with Crippen molar-refractivity contribution in [3.63, 3.8) is 0 Å². The number of benzene rings is 2. The van der Waals surface area contributed by atoms with Crippen LogP contribution in [0.2, 0.25) is 5.02 Å². The fourth-order valence-corrected chi connectivity index (χ4v) is 3.37. The fourth-order valence-electron chi connectivity index (χ4n) is 3.20. The van der Waals surface area contributed by atoms with Crippen molar-refractivity contribution in [3.8, 4) is 11.3 Å². The van der Waals surface area contributed by atoms with Crippen LogP contribution in [0.5, 0.6) is 0 Å². The quantitative estimate of drug-likeness (QED) is 0.494. The molecular formula is C21H15ClF2N4O3. The Morgan fingerprint density at radius 2 is 1.81 bits per heavy atom. The number of amides is 1. The highest BCUT2D eigenvalue weighted by molar-refractivity contribution is 6.33. The number of aliphatic hydroxyl groups excluding tert-OH is 1. The van der Waals surface area contributed by atoms with E-state index in [0.717, 1.165) is 16.7 Å². The monoisotopic (exact) mass is 444 g/mol. The molecule has 4 rings (SSSR count). The minimum Gasteiger partial charge on any atom is -0.392 e. The van der Waals surface area contributed by atoms with Crippen molar-refractivity contribution < 1.29 is 18.7 Å². The molecule has 0 bridgehead atoms. The number of nitrogens with zero attached hydrogens (tertiary/aromatic N) is 3. The van der Waals surface area contributed by atoms with Gasteiger partial charge in [0.2, 0.25) is 5.91 Å². The summed E-state index contributed by atoms with van der Waals surface area (Å²) in [6.07, 6.45) is 2.83. The van der Waals surface area contributed by atoms with Gasteiger partial charge in [0.05, 0.1) is 23.0 Å². The molecule has 0 saturated carbocycles. The number of anilines is 1. The summed E-state index contributed by atoms with van der Waals surface area (Å²) < 4.78 is 29.1. The van der Waals surface area contributed by atoms with Crippen LogP contribution in [0.1, 0.15) is 5.56 Å². The molecule has 1 amide bonds. The molecule has 0 radical (unpaired) electrons. The Labute approximate surface area is 179 Å². The van der Waals surface area contributed by atoms with Gasteiger partial charge in [0.1, 0.15) is 23.7 Å². The molecule has 2 N–H and O–H groups in total. The first kappa shape index (κ1) is 20.7. The van der Waals surface area contributed by atoms with Gasteiger partial charge in [-0.2, -0.15) is 5.10 Å². The van der Waals surface area contributed by atoms with Crippen LogP contribution in [-0.4, -0.2) is 25.2 Å². The lowest BCUT2D eigenvalue weighted by atomic mass is 10.1. The molecule has 0 saturated heterocycles. The molecule has 2 aromatic carbocycles. The topological polar surface area (TPSA) is 88.6 Å². The summed E-state index contributed by atoms with van der Waals surface area (Å²) in [5.41, 5.74) is 0.708. The molecule has 0 fully saturated rings. The first-order valence-corrected chi connectivity index (χ1v) is 9.47. The van der Waals surface area contributed by atoms with Gasteiger partial charge in [-0.25, -0.2) is 13.3 Å². The Balaban J connectivity index is 1.69. The highest BCUT2D eigenvalue weighted by Gasteiger charge is 2.19. The Bertz CT molecular complexity index is 1350. The zero-order valence-corrected chi connectivity index (χ0v) is 16.6. The second-order valence-corrected chi connectivity index (χ2v) is 7.10. The van der Waals surface area contributed by atoms with Crippen molar-refractivity contribution in [1.29, 1.82) is 0 Å². The van der Waals surface area contributed by atoms with E-state index >= 15 is 0 Å². The van der Waals surface area contributed by atoms with E-state index < -0.39 is 29.7 Å². The second-order valence-electron chi connectivity index (χ2n) is 6.69. The van der Waals surface area contributed by atoms with Crippen LogP contribution in [0, 0.1) is 11.6 Å². The lowest BCUT2D eigenvalue weighted by Crippen LogP contribution is -2.28. The normalized spacial score (nSPS) is 11.1. The molecule has 2 aromatic heterocycles. The van der Waals surface area contributed by atoms with Crippen molar-refractivity contribution in [2.24, 2.45) is 0 Å². The molecule has 0 atom stereocenters. The maximum absolute atomic E-state index is 13.4. The van der Waals surface area contributed by atoms with Crippen molar-refractivity contribution in [2.75, 3.05) is 5.32 Å². The zero-order chi connectivity index (χ0) is 22.1. The van der Waals surface area contributed by atoms with E-state index in [1.54, 1.807) is 0 Å². The first-order chi connectivity index (χ1) is 14.9. The van der Waals surface area contributed by atoms with Crippen molar-refractivity contribution >= 4 is 28.7 Å². The number of fused-ring (bicyclic) bond motifs is 1. The maximum atomic E-state index is 13.4. The Morgan fingerprint density at radius 1 is 1.10 bits per heavy atom. The summed E-state index contributed by atoms with van der Waals surface area (Å²) in [5, 5.41) is 16.8. The lowest BCUT2D eigenvalue weighted by molar-refractivity contribution is -0.116. The van der Waals surface area contributed by atoms with Gasteiger partial charge in [0, 0.05) is 23.5 Å². The molecular weight excluding hydrogens is 430 g/mol. The molecule has 4 aromatic rings. The standard InChI is InChI=1S/C21H15ClF2N4O3/c22-16-6-5-14(24)9-17(16)25-18(30)10-27-7-8-28-20(21(27)31)15(11-29)19(26-28)12-1-3-13(23)4-2-12/h1-9,29H,10-11H2,(H,25,30). The van der Waals surface area contributed by atoms with E-state index in [0.29, 0.717) is 11.3 Å². The SMILES string of the molecule is O=C(Cn1ccn2nc(-c3ccc(F)cc3)c(CO)c2c1=O)Nc1cc(F)ccc1Cl. The third-order valence-corrected chi connectivity index (χ3v) is 4.98. The molecule has 158 valence electrons. The predicted molar refractivity (Wildman–Crippen MR) is 111 cm³/mol. The van der Waals surface area contributed by atoms with Crippen LogP contribution >= 0.6 is 11.6 Å². The second kappa shape index (κ2) is 8.29. The van der Waals surface area contributed by atoms with E-state index in [4.69, 9.17) is 11.6 Å². The van der Waals surface area contributed by atoms with Crippen LogP contribution in [-0.2, 0) is 17.9 Å². The fraction of sp³-hybridized carbons (Fsp3) is 0.0952. The summed E-state index contributed by atoms with van der Waals surface area (Å²) in [6, 6.07) is 9.02. The van der Waals surface area contributed by atoms with Gasteiger partial charge in [-0.15, -0.1) is 0 Å². The minimum atomic E-state index is -0.595. The minimum absolute atomic E-state index is 0.0831. The molecule has 0 unspecified atom stereocenters. The first-order valence-electron chi connectivity index (χ1n) is 9.09. The predicted octanol–water partition coefficient (Wildman–Crippen LogP) is 3.23. The van der Waals surface area contributed by atoms with E-state index in [-0.39, 0.29) is 28.3 Å². The number of rotatable bonds is 5. The lowest BCUT2D eigenvalue weighted by Gasteiger charge is -2.09. The van der Waals surface area contributed by atoms with Crippen LogP contribution in [0.4, 0.5) is 14.5 Å². The van der Waals surface area contributed by atoms with Crippen LogP contribution in [0.15, 0.2) is 59.7 Å². The Morgan fingerprint density at radius 3 is 2.52 bits per heavy atom. The van der Waals surface area contributed by atoms with Crippen LogP contribution in [0.25, 0.3) is 16.8 Å². The zero-order valence-electron chi connectivity index (χ0n) is 15.8. The molecule has 31 heavy (non-hydrogen) atoms. The largest absolute Gasteiger partial charge is 0.392 e. The van der Waals surface area contributed by atoms with E-state index in [1.807, 2.05) is 0 Å². The van der Waals surface area contributed by atoms with Gasteiger partial charge in [-0.3, -0.25) is 9.59 Å². The number of nitrogens with one attached hydrogen (secondary N) is 1. The molecule has 0 spiro atoms. The summed E-state index contributed by atoms with van der Waals surface area (Å²) in [5.74, 6) is -1.59. The van der Waals surface area contributed by atoms with E-state index in [1.165, 1.54) is 47.2 Å². The maximum Gasteiger partial charge on any atom is 0.277 e. The van der Waals surface area contributed by atoms with Gasteiger partial charge < -0.3 is 15.0 Å². The number of carbonyl (C=O) groups is 1. The molecule has 7 nitrogen and oxygen atoms in total. The molecule has 0 aliphatic carbocycles. The van der Waals surface area contributed by atoms with Crippen molar-refractivity contribution in [1.82, 2.24) is 14.2 Å². The number of aliphatic hydroxyl groups is 1. The Hall–Kier alpha value is -3.56. The number of carbonyl (C=O) groups excluding carboxylic acids is 1. The van der Waals surface area contributed by atoms with Gasteiger partial charge in [0.15, 0.2) is 0 Å². The molecule has 0 aliphatic heterocycles. The highest BCUT2D eigenvalue weighted by atomic mass is 35.5. The number of hydrogen-bond acceptors (Lipinski definition) is 4. The summed E-state index contributed by atoms with van der Waals surface area (Å²) in [7, 11) is 0. The van der Waals surface area contributed by atoms with Crippen molar-refractivity contribution in [3.05, 3.63) is 87.4 Å². The number of aromatic nitrogens is 3. The summed E-state index contributed by atoms with van der Waals surface area (Å²) >= 11 is 5.95. The molecule has 0 aliphatic rings. The van der Waals surface area contributed by atoms with Crippen LogP contribution in [0.3, 0.4) is 0 Å². The van der Waals surface area contributed by atoms with Crippen molar-refractivity contribution in [2.45, 2.75) is 13.2 Å². The highest BCUT2D eigenvalue weighted by Crippen LogP contribution is 2.25. The number of hydrogen-bond donors (Lipinski definition) is 2. The van der Waals surface area contributed by atoms with E-state index in [9.17, 15) is 23.5 Å². The van der Waals surface area contributed by atoms with Gasteiger partial charge >= 0.3 is 0 Å². The van der Waals surface area contributed by atoms with Crippen LogP contribution < -0.4 is 10.9 Å². The third kappa shape index (κ3) is 4.05. The summed E-state index contributed by atoms with van der Waals surface area (Å²) in [4.78, 5) is 25.4. The number of halogens is 3. The smallest absolute Gasteiger partial charge is 0.277 e.